The summed E-state index contributed by atoms with van der Waals surface area (Å²) >= 11 is 0. The van der Waals surface area contributed by atoms with Crippen LogP contribution in [0, 0.1) is 5.92 Å². The molecule has 0 saturated carbocycles. The molecule has 0 radical (unpaired) electrons. The second-order valence-corrected chi connectivity index (χ2v) is 3.98. The fraction of sp³-hybridized carbons (Fsp3) is 0.462. The van der Waals surface area contributed by atoms with Gasteiger partial charge in [-0.25, -0.2) is 4.79 Å². The maximum Gasteiger partial charge on any atom is 0.338 e. The lowest BCUT2D eigenvalue weighted by atomic mass is 10.1. The SMILES string of the molecule is C=C(C)C.C=COC(=O)C(=C)CC(C)C. The van der Waals surface area contributed by atoms with E-state index in [1.807, 2.05) is 27.7 Å². The minimum absolute atomic E-state index is 0.381. The zero-order valence-corrected chi connectivity index (χ0v) is 10.3. The number of carbonyl (C=O) groups excluding carboxylic acids is 1. The van der Waals surface area contributed by atoms with Gasteiger partial charge in [0.2, 0.25) is 0 Å². The van der Waals surface area contributed by atoms with Crippen molar-refractivity contribution in [3.8, 4) is 0 Å². The van der Waals surface area contributed by atoms with Crippen LogP contribution in [0.5, 0.6) is 0 Å². The lowest BCUT2D eigenvalue weighted by molar-refractivity contribution is -0.133. The van der Waals surface area contributed by atoms with E-state index in [0.29, 0.717) is 17.9 Å². The van der Waals surface area contributed by atoms with Gasteiger partial charge in [0.25, 0.3) is 0 Å². The summed E-state index contributed by atoms with van der Waals surface area (Å²) in [6, 6.07) is 0. The number of hydrogen-bond donors (Lipinski definition) is 0. The molecule has 0 fully saturated rings. The third-order valence-corrected chi connectivity index (χ3v) is 1.13. The predicted octanol–water partition coefficient (Wildman–Crippen LogP) is 3.86. The summed E-state index contributed by atoms with van der Waals surface area (Å²) in [5.74, 6) is 0.0496. The maximum atomic E-state index is 10.9. The standard InChI is InChI=1S/C9H14O2.C4H8/c1-5-11-9(10)8(4)6-7(2)3;1-4(2)3/h5,7H,1,4,6H2,2-3H3;1H2,2-3H3. The van der Waals surface area contributed by atoms with E-state index in [-0.39, 0.29) is 5.97 Å². The van der Waals surface area contributed by atoms with Crippen molar-refractivity contribution in [1.82, 2.24) is 0 Å². The highest BCUT2D eigenvalue weighted by atomic mass is 16.5. The molecule has 0 atom stereocenters. The second kappa shape index (κ2) is 9.25. The smallest absolute Gasteiger partial charge is 0.338 e. The molecule has 0 aromatic carbocycles. The predicted molar refractivity (Wildman–Crippen MR) is 65.4 cm³/mol. The summed E-state index contributed by atoms with van der Waals surface area (Å²) in [7, 11) is 0. The van der Waals surface area contributed by atoms with E-state index in [9.17, 15) is 4.79 Å². The Balaban J connectivity index is 0. The first-order chi connectivity index (χ1) is 6.81. The number of rotatable bonds is 4. The third-order valence-electron chi connectivity index (χ3n) is 1.13. The molecule has 15 heavy (non-hydrogen) atoms. The van der Waals surface area contributed by atoms with E-state index in [2.05, 4.69) is 24.5 Å². The average molecular weight is 210 g/mol. The van der Waals surface area contributed by atoms with Crippen LogP contribution < -0.4 is 0 Å². The zero-order valence-electron chi connectivity index (χ0n) is 10.3. The molecule has 0 aliphatic carbocycles. The van der Waals surface area contributed by atoms with Crippen molar-refractivity contribution in [2.24, 2.45) is 5.92 Å². The van der Waals surface area contributed by atoms with Crippen molar-refractivity contribution < 1.29 is 9.53 Å². The highest BCUT2D eigenvalue weighted by molar-refractivity contribution is 5.88. The lowest BCUT2D eigenvalue weighted by Gasteiger charge is -2.05. The maximum absolute atomic E-state index is 10.9. The van der Waals surface area contributed by atoms with Crippen LogP contribution in [0.25, 0.3) is 0 Å². The first-order valence-electron chi connectivity index (χ1n) is 4.93. The largest absolute Gasteiger partial charge is 0.432 e. The summed E-state index contributed by atoms with van der Waals surface area (Å²) in [5.41, 5.74) is 1.67. The molecule has 0 amide bonds. The Kier molecular flexibility index (Phi) is 9.95. The lowest BCUT2D eigenvalue weighted by Crippen LogP contribution is -2.05. The Labute approximate surface area is 93.3 Å². The molecule has 86 valence electrons. The molecule has 0 aromatic rings. The quantitative estimate of drug-likeness (QED) is 0.305. The average Bonchev–Trinajstić information content (AvgIpc) is 2.02. The van der Waals surface area contributed by atoms with Crippen LogP contribution in [0.1, 0.15) is 34.1 Å². The molecular weight excluding hydrogens is 188 g/mol. The van der Waals surface area contributed by atoms with E-state index in [1.54, 1.807) is 0 Å². The molecule has 0 aliphatic heterocycles. The van der Waals surface area contributed by atoms with Crippen LogP contribution >= 0.6 is 0 Å². The van der Waals surface area contributed by atoms with Gasteiger partial charge in [-0.05, 0) is 26.2 Å². The van der Waals surface area contributed by atoms with Gasteiger partial charge >= 0.3 is 5.97 Å². The van der Waals surface area contributed by atoms with Crippen molar-refractivity contribution in [3.63, 3.8) is 0 Å². The minimum Gasteiger partial charge on any atom is -0.432 e. The highest BCUT2D eigenvalue weighted by Gasteiger charge is 2.08. The van der Waals surface area contributed by atoms with Gasteiger partial charge in [-0.3, -0.25) is 0 Å². The van der Waals surface area contributed by atoms with Crippen LogP contribution in [0.2, 0.25) is 0 Å². The van der Waals surface area contributed by atoms with Crippen molar-refractivity contribution in [2.45, 2.75) is 34.1 Å². The Morgan fingerprint density at radius 2 is 1.73 bits per heavy atom. The summed E-state index contributed by atoms with van der Waals surface area (Å²) in [6.45, 7) is 18.4. The van der Waals surface area contributed by atoms with E-state index in [4.69, 9.17) is 0 Å². The summed E-state index contributed by atoms with van der Waals surface area (Å²) < 4.78 is 4.53. The Morgan fingerprint density at radius 1 is 1.33 bits per heavy atom. The normalized spacial score (nSPS) is 8.60. The third kappa shape index (κ3) is 15.4. The van der Waals surface area contributed by atoms with Crippen molar-refractivity contribution in [1.29, 1.82) is 0 Å². The van der Waals surface area contributed by atoms with Crippen LogP contribution in [0.3, 0.4) is 0 Å². The number of ether oxygens (including phenoxy) is 1. The van der Waals surface area contributed by atoms with E-state index >= 15 is 0 Å². The number of carbonyl (C=O) groups is 1. The Hall–Kier alpha value is -1.31. The van der Waals surface area contributed by atoms with Crippen LogP contribution in [-0.2, 0) is 9.53 Å². The number of allylic oxidation sites excluding steroid dienone is 1. The van der Waals surface area contributed by atoms with Crippen molar-refractivity contribution in [2.75, 3.05) is 0 Å². The second-order valence-electron chi connectivity index (χ2n) is 3.98. The molecule has 2 nitrogen and oxygen atoms in total. The summed E-state index contributed by atoms with van der Waals surface area (Å²) in [4.78, 5) is 10.9. The molecule has 2 heteroatoms. The molecule has 0 heterocycles. The van der Waals surface area contributed by atoms with Gasteiger partial charge in [-0.2, -0.15) is 0 Å². The summed E-state index contributed by atoms with van der Waals surface area (Å²) in [5, 5.41) is 0. The van der Waals surface area contributed by atoms with Gasteiger partial charge in [0, 0.05) is 5.57 Å². The fourth-order valence-electron chi connectivity index (χ4n) is 0.735. The van der Waals surface area contributed by atoms with Crippen LogP contribution in [0.4, 0.5) is 0 Å². The van der Waals surface area contributed by atoms with Gasteiger partial charge in [0.05, 0.1) is 6.26 Å². The van der Waals surface area contributed by atoms with Gasteiger partial charge in [-0.15, -0.1) is 6.58 Å². The Bertz CT molecular complexity index is 233. The monoisotopic (exact) mass is 210 g/mol. The fourth-order valence-corrected chi connectivity index (χ4v) is 0.735. The number of esters is 1. The molecule has 0 bridgehead atoms. The molecule has 0 aliphatic rings. The van der Waals surface area contributed by atoms with Gasteiger partial charge in [0.15, 0.2) is 0 Å². The van der Waals surface area contributed by atoms with Gasteiger partial charge in [-0.1, -0.05) is 32.6 Å². The molecule has 0 unspecified atom stereocenters. The first-order valence-corrected chi connectivity index (χ1v) is 4.93. The van der Waals surface area contributed by atoms with Crippen molar-refractivity contribution in [3.05, 3.63) is 37.1 Å². The molecule has 0 rings (SSSR count). The first kappa shape index (κ1) is 16.1. The van der Waals surface area contributed by atoms with E-state index in [0.717, 1.165) is 6.26 Å². The number of hydrogen-bond acceptors (Lipinski definition) is 2. The molecular formula is C13H22O2. The van der Waals surface area contributed by atoms with E-state index < -0.39 is 0 Å². The molecule has 0 spiro atoms. The minimum atomic E-state index is -0.381. The molecule has 0 N–H and O–H groups in total. The molecule has 0 aromatic heterocycles. The van der Waals surface area contributed by atoms with Crippen LogP contribution in [-0.4, -0.2) is 5.97 Å². The molecule has 0 saturated heterocycles. The Morgan fingerprint density at radius 3 is 2.00 bits per heavy atom. The van der Waals surface area contributed by atoms with Gasteiger partial charge < -0.3 is 4.74 Å². The topological polar surface area (TPSA) is 26.3 Å². The van der Waals surface area contributed by atoms with Crippen LogP contribution in [0.15, 0.2) is 37.1 Å². The highest BCUT2D eigenvalue weighted by Crippen LogP contribution is 2.09. The van der Waals surface area contributed by atoms with Crippen molar-refractivity contribution >= 4 is 5.97 Å². The van der Waals surface area contributed by atoms with Gasteiger partial charge in [0.1, 0.15) is 0 Å². The van der Waals surface area contributed by atoms with E-state index in [1.165, 1.54) is 5.57 Å². The zero-order chi connectivity index (χ0) is 12.4. The summed E-state index contributed by atoms with van der Waals surface area (Å²) in [6.07, 6.45) is 1.79.